The Bertz CT molecular complexity index is 672. The number of piperidine rings is 1. The summed E-state index contributed by atoms with van der Waals surface area (Å²) >= 11 is 0. The van der Waals surface area contributed by atoms with Crippen LogP contribution in [-0.4, -0.2) is 48.9 Å². The van der Waals surface area contributed by atoms with Gasteiger partial charge in [-0.2, -0.15) is 4.31 Å². The molecule has 1 atom stereocenters. The minimum absolute atomic E-state index is 0.0420. The molecule has 0 N–H and O–H groups in total. The lowest BCUT2D eigenvalue weighted by Crippen LogP contribution is -2.53. The van der Waals surface area contributed by atoms with Crippen LogP contribution in [0.1, 0.15) is 30.4 Å². The Hall–Kier alpha value is -1.40. The quantitative estimate of drug-likeness (QED) is 0.827. The van der Waals surface area contributed by atoms with Crippen LogP contribution in [0.4, 0.5) is 0 Å². The first-order chi connectivity index (χ1) is 10.5. The van der Waals surface area contributed by atoms with Crippen molar-refractivity contribution >= 4 is 15.9 Å². The lowest BCUT2D eigenvalue weighted by atomic mass is 9.98. The molecule has 0 aliphatic carbocycles. The summed E-state index contributed by atoms with van der Waals surface area (Å²) in [5, 5.41) is 0. The monoisotopic (exact) mass is 322 g/mol. The summed E-state index contributed by atoms with van der Waals surface area (Å²) in [6.07, 6.45) is 4.41. The van der Waals surface area contributed by atoms with Gasteiger partial charge in [0, 0.05) is 19.6 Å². The highest BCUT2D eigenvalue weighted by molar-refractivity contribution is 7.88. The molecule has 0 saturated carbocycles. The minimum atomic E-state index is -3.33. The fourth-order valence-electron chi connectivity index (χ4n) is 3.44. The molecular formula is C16H22N2O3S. The highest BCUT2D eigenvalue weighted by Crippen LogP contribution is 2.25. The smallest absolute Gasteiger partial charge is 0.241 e. The number of nitrogens with zero attached hydrogens (tertiary/aromatic N) is 2. The maximum Gasteiger partial charge on any atom is 0.241 e. The van der Waals surface area contributed by atoms with E-state index in [9.17, 15) is 13.2 Å². The standard InChI is InChI=1S/C16H22N2O3S/c1-22(20,21)18-10-5-4-8-15(18)16(19)17-11-9-13-6-2-3-7-14(13)12-17/h2-3,6-7,15H,4-5,8-12H2,1H3/t15-/m1/s1. The van der Waals surface area contributed by atoms with Crippen LogP contribution in [0.25, 0.3) is 0 Å². The number of carbonyl (C=O) groups is 1. The fraction of sp³-hybridized carbons (Fsp3) is 0.562. The van der Waals surface area contributed by atoms with Gasteiger partial charge in [0.05, 0.1) is 6.26 Å². The van der Waals surface area contributed by atoms with Crippen molar-refractivity contribution in [2.24, 2.45) is 0 Å². The van der Waals surface area contributed by atoms with Crippen molar-refractivity contribution < 1.29 is 13.2 Å². The SMILES string of the molecule is CS(=O)(=O)N1CCCC[C@@H]1C(=O)N1CCc2ccccc2C1. The number of hydrogen-bond donors (Lipinski definition) is 0. The number of sulfonamides is 1. The van der Waals surface area contributed by atoms with Crippen molar-refractivity contribution in [1.82, 2.24) is 9.21 Å². The Labute approximate surface area is 132 Å². The molecule has 3 rings (SSSR count). The number of amides is 1. The first-order valence-electron chi connectivity index (χ1n) is 7.79. The number of carbonyl (C=O) groups excluding carboxylic acids is 1. The molecule has 120 valence electrons. The van der Waals surface area contributed by atoms with Gasteiger partial charge < -0.3 is 4.90 Å². The van der Waals surface area contributed by atoms with Gasteiger partial charge in [0.1, 0.15) is 6.04 Å². The maximum atomic E-state index is 12.8. The van der Waals surface area contributed by atoms with E-state index in [-0.39, 0.29) is 5.91 Å². The van der Waals surface area contributed by atoms with Crippen molar-refractivity contribution in [3.05, 3.63) is 35.4 Å². The third-order valence-electron chi connectivity index (χ3n) is 4.61. The molecule has 1 aromatic carbocycles. The predicted molar refractivity (Wildman–Crippen MR) is 84.8 cm³/mol. The Balaban J connectivity index is 1.79. The fourth-order valence-corrected chi connectivity index (χ4v) is 4.56. The topological polar surface area (TPSA) is 57.7 Å². The molecule has 0 unspecified atom stereocenters. The van der Waals surface area contributed by atoms with Crippen LogP contribution in [0.5, 0.6) is 0 Å². The zero-order valence-corrected chi connectivity index (χ0v) is 13.7. The molecule has 5 nitrogen and oxygen atoms in total. The lowest BCUT2D eigenvalue weighted by Gasteiger charge is -2.37. The molecule has 2 heterocycles. The van der Waals surface area contributed by atoms with Crippen LogP contribution in [0, 0.1) is 0 Å². The summed E-state index contributed by atoms with van der Waals surface area (Å²) in [5.74, 6) is -0.0420. The average Bonchev–Trinajstić information content (AvgIpc) is 2.53. The third kappa shape index (κ3) is 3.03. The predicted octanol–water partition coefficient (Wildman–Crippen LogP) is 1.39. The van der Waals surface area contributed by atoms with E-state index in [4.69, 9.17) is 0 Å². The molecule has 0 spiro atoms. The summed E-state index contributed by atoms with van der Waals surface area (Å²) in [4.78, 5) is 14.7. The van der Waals surface area contributed by atoms with Gasteiger partial charge in [-0.25, -0.2) is 8.42 Å². The number of benzene rings is 1. The summed E-state index contributed by atoms with van der Waals surface area (Å²) < 4.78 is 25.3. The molecule has 22 heavy (non-hydrogen) atoms. The molecule has 0 bridgehead atoms. The van der Waals surface area contributed by atoms with E-state index in [0.29, 0.717) is 26.1 Å². The zero-order chi connectivity index (χ0) is 15.7. The first-order valence-corrected chi connectivity index (χ1v) is 9.64. The lowest BCUT2D eigenvalue weighted by molar-refractivity contribution is -0.137. The average molecular weight is 322 g/mol. The van der Waals surface area contributed by atoms with Crippen LogP contribution in [-0.2, 0) is 27.8 Å². The summed E-state index contributed by atoms with van der Waals surface area (Å²) in [5.41, 5.74) is 2.46. The van der Waals surface area contributed by atoms with Crippen LogP contribution >= 0.6 is 0 Å². The number of rotatable bonds is 2. The highest BCUT2D eigenvalue weighted by Gasteiger charge is 2.37. The van der Waals surface area contributed by atoms with Gasteiger partial charge in [0.15, 0.2) is 0 Å². The zero-order valence-electron chi connectivity index (χ0n) is 12.9. The van der Waals surface area contributed by atoms with Gasteiger partial charge in [-0.3, -0.25) is 4.79 Å². The van der Waals surface area contributed by atoms with Crippen molar-refractivity contribution in [1.29, 1.82) is 0 Å². The van der Waals surface area contributed by atoms with E-state index in [1.165, 1.54) is 21.7 Å². The summed E-state index contributed by atoms with van der Waals surface area (Å²) in [6.45, 7) is 1.72. The highest BCUT2D eigenvalue weighted by atomic mass is 32.2. The molecule has 2 aliphatic heterocycles. The van der Waals surface area contributed by atoms with E-state index in [2.05, 4.69) is 6.07 Å². The van der Waals surface area contributed by atoms with Gasteiger partial charge in [0.2, 0.25) is 15.9 Å². The maximum absolute atomic E-state index is 12.8. The Kier molecular flexibility index (Phi) is 4.23. The second kappa shape index (κ2) is 6.01. The van der Waals surface area contributed by atoms with E-state index >= 15 is 0 Å². The van der Waals surface area contributed by atoms with Crippen LogP contribution in [0.2, 0.25) is 0 Å². The number of fused-ring (bicyclic) bond motifs is 1. The minimum Gasteiger partial charge on any atom is -0.337 e. The molecule has 6 heteroatoms. The molecular weight excluding hydrogens is 300 g/mol. The molecule has 1 amide bonds. The van der Waals surface area contributed by atoms with Gasteiger partial charge >= 0.3 is 0 Å². The van der Waals surface area contributed by atoms with Gasteiger partial charge in [-0.15, -0.1) is 0 Å². The van der Waals surface area contributed by atoms with E-state index in [1.54, 1.807) is 0 Å². The third-order valence-corrected chi connectivity index (χ3v) is 5.90. The van der Waals surface area contributed by atoms with Crippen molar-refractivity contribution in [2.75, 3.05) is 19.3 Å². The second-order valence-corrected chi connectivity index (χ2v) is 8.10. The summed E-state index contributed by atoms with van der Waals surface area (Å²) in [7, 11) is -3.33. The Morgan fingerprint density at radius 3 is 2.59 bits per heavy atom. The van der Waals surface area contributed by atoms with Gasteiger partial charge in [0.25, 0.3) is 0 Å². The van der Waals surface area contributed by atoms with Crippen molar-refractivity contribution in [2.45, 2.75) is 38.3 Å². The molecule has 2 aliphatic rings. The van der Waals surface area contributed by atoms with Gasteiger partial charge in [-0.1, -0.05) is 30.7 Å². The van der Waals surface area contributed by atoms with E-state index < -0.39 is 16.1 Å². The van der Waals surface area contributed by atoms with Gasteiger partial charge in [-0.05, 0) is 30.4 Å². The summed E-state index contributed by atoms with van der Waals surface area (Å²) in [6, 6.07) is 7.62. The largest absolute Gasteiger partial charge is 0.337 e. The first kappa shape index (κ1) is 15.5. The Morgan fingerprint density at radius 2 is 1.86 bits per heavy atom. The molecule has 1 fully saturated rings. The van der Waals surface area contributed by atoms with Crippen molar-refractivity contribution in [3.63, 3.8) is 0 Å². The second-order valence-electron chi connectivity index (χ2n) is 6.16. The molecule has 1 aromatic rings. The molecule has 0 aromatic heterocycles. The normalized spacial score (nSPS) is 23.1. The molecule has 1 saturated heterocycles. The molecule has 0 radical (unpaired) electrons. The van der Waals surface area contributed by atoms with Crippen LogP contribution in [0.3, 0.4) is 0 Å². The number of hydrogen-bond acceptors (Lipinski definition) is 3. The van der Waals surface area contributed by atoms with Crippen molar-refractivity contribution in [3.8, 4) is 0 Å². The van der Waals surface area contributed by atoms with Crippen LogP contribution < -0.4 is 0 Å². The van der Waals surface area contributed by atoms with Crippen LogP contribution in [0.15, 0.2) is 24.3 Å². The van der Waals surface area contributed by atoms with E-state index in [1.807, 2.05) is 23.1 Å². The Morgan fingerprint density at radius 1 is 1.14 bits per heavy atom. The van der Waals surface area contributed by atoms with E-state index in [0.717, 1.165) is 19.3 Å².